The fourth-order valence-electron chi connectivity index (χ4n) is 1.93. The van der Waals surface area contributed by atoms with Crippen LogP contribution in [0.3, 0.4) is 0 Å². The third kappa shape index (κ3) is 2.73. The molecule has 0 unspecified atom stereocenters. The van der Waals surface area contributed by atoms with Gasteiger partial charge in [-0.1, -0.05) is 41.4 Å². The summed E-state index contributed by atoms with van der Waals surface area (Å²) in [7, 11) is 1.28. The first-order valence-corrected chi connectivity index (χ1v) is 6.40. The number of methoxy groups -OCH3 is 1. The van der Waals surface area contributed by atoms with E-state index in [-0.39, 0.29) is 16.9 Å². The molecule has 0 heterocycles. The topological polar surface area (TPSA) is 43.4 Å². The maximum absolute atomic E-state index is 12.6. The Labute approximate surface area is 122 Å². The highest BCUT2D eigenvalue weighted by Gasteiger charge is 2.20. The van der Waals surface area contributed by atoms with Gasteiger partial charge in [-0.3, -0.25) is 4.79 Å². The summed E-state index contributed by atoms with van der Waals surface area (Å²) >= 11 is 6.07. The van der Waals surface area contributed by atoms with Crippen LogP contribution in [-0.4, -0.2) is 18.9 Å². The lowest BCUT2D eigenvalue weighted by atomic mass is 9.97. The molecule has 2 aromatic rings. The van der Waals surface area contributed by atoms with Crippen molar-refractivity contribution in [1.82, 2.24) is 0 Å². The lowest BCUT2D eigenvalue weighted by Crippen LogP contribution is -2.11. The lowest BCUT2D eigenvalue weighted by molar-refractivity contribution is 0.0597. The molecule has 3 nitrogen and oxygen atoms in total. The fraction of sp³-hybridized carbons (Fsp3) is 0.125. The van der Waals surface area contributed by atoms with Gasteiger partial charge >= 0.3 is 5.97 Å². The summed E-state index contributed by atoms with van der Waals surface area (Å²) in [6, 6.07) is 11.7. The van der Waals surface area contributed by atoms with Crippen LogP contribution in [0.15, 0.2) is 42.5 Å². The number of benzene rings is 2. The summed E-state index contributed by atoms with van der Waals surface area (Å²) in [5, 5.41) is 0.361. The molecule has 0 fully saturated rings. The van der Waals surface area contributed by atoms with Gasteiger partial charge in [0.1, 0.15) is 0 Å². The predicted molar refractivity (Wildman–Crippen MR) is 77.4 cm³/mol. The van der Waals surface area contributed by atoms with Crippen LogP contribution in [0.4, 0.5) is 0 Å². The summed E-state index contributed by atoms with van der Waals surface area (Å²) in [4.78, 5) is 24.3. The van der Waals surface area contributed by atoms with Crippen LogP contribution in [0.25, 0.3) is 0 Å². The van der Waals surface area contributed by atoms with E-state index in [1.165, 1.54) is 7.11 Å². The molecule has 102 valence electrons. The highest BCUT2D eigenvalue weighted by Crippen LogP contribution is 2.23. The molecular formula is C16H13ClO3. The maximum atomic E-state index is 12.6. The van der Waals surface area contributed by atoms with Crippen molar-refractivity contribution >= 4 is 23.4 Å². The number of esters is 1. The normalized spacial score (nSPS) is 10.2. The SMILES string of the molecule is COC(=O)c1ccccc1C(=O)c1cc(C)ccc1Cl. The average Bonchev–Trinajstić information content (AvgIpc) is 2.48. The molecule has 0 spiro atoms. The highest BCUT2D eigenvalue weighted by molar-refractivity contribution is 6.35. The minimum atomic E-state index is -0.544. The van der Waals surface area contributed by atoms with Crippen molar-refractivity contribution in [3.63, 3.8) is 0 Å². The number of rotatable bonds is 3. The predicted octanol–water partition coefficient (Wildman–Crippen LogP) is 3.67. The van der Waals surface area contributed by atoms with Crippen molar-refractivity contribution in [2.45, 2.75) is 6.92 Å². The van der Waals surface area contributed by atoms with Gasteiger partial charge in [0, 0.05) is 11.1 Å². The molecule has 0 N–H and O–H groups in total. The molecule has 2 rings (SSSR count). The first-order chi connectivity index (χ1) is 9.54. The second-order valence-electron chi connectivity index (χ2n) is 4.35. The second kappa shape index (κ2) is 5.88. The second-order valence-corrected chi connectivity index (χ2v) is 4.76. The first-order valence-electron chi connectivity index (χ1n) is 6.02. The zero-order chi connectivity index (χ0) is 14.7. The summed E-state index contributed by atoms with van der Waals surface area (Å²) in [6.45, 7) is 1.87. The van der Waals surface area contributed by atoms with Gasteiger partial charge in [0.05, 0.1) is 17.7 Å². The van der Waals surface area contributed by atoms with Gasteiger partial charge in [-0.05, 0) is 25.1 Å². The van der Waals surface area contributed by atoms with Crippen LogP contribution in [0.1, 0.15) is 31.8 Å². The number of hydrogen-bond acceptors (Lipinski definition) is 3. The standard InChI is InChI=1S/C16H13ClO3/c1-10-7-8-14(17)13(9-10)15(18)11-5-3-4-6-12(11)16(19)20-2/h3-9H,1-2H3. The number of carbonyl (C=O) groups is 2. The van der Waals surface area contributed by atoms with Gasteiger partial charge in [-0.2, -0.15) is 0 Å². The number of ketones is 1. The van der Waals surface area contributed by atoms with Gasteiger partial charge in [0.2, 0.25) is 0 Å². The van der Waals surface area contributed by atoms with Crippen LogP contribution >= 0.6 is 11.6 Å². The number of carbonyl (C=O) groups excluding carboxylic acids is 2. The molecule has 0 aliphatic heterocycles. The molecule has 0 bridgehead atoms. The molecular weight excluding hydrogens is 276 g/mol. The Morgan fingerprint density at radius 2 is 1.65 bits per heavy atom. The molecule has 0 amide bonds. The summed E-state index contributed by atoms with van der Waals surface area (Å²) in [5.74, 6) is -0.836. The Balaban J connectivity index is 2.54. The number of ether oxygens (including phenoxy) is 1. The Hall–Kier alpha value is -2.13. The van der Waals surface area contributed by atoms with Crippen molar-refractivity contribution in [3.05, 3.63) is 69.7 Å². The molecule has 2 aromatic carbocycles. The molecule has 0 radical (unpaired) electrons. The largest absolute Gasteiger partial charge is 0.465 e. The molecule has 0 aliphatic rings. The summed E-state index contributed by atoms with van der Waals surface area (Å²) in [6.07, 6.45) is 0. The Morgan fingerprint density at radius 3 is 2.30 bits per heavy atom. The van der Waals surface area contributed by atoms with E-state index >= 15 is 0 Å². The van der Waals surface area contributed by atoms with Gasteiger partial charge in [0.25, 0.3) is 0 Å². The monoisotopic (exact) mass is 288 g/mol. The van der Waals surface area contributed by atoms with E-state index in [0.717, 1.165) is 5.56 Å². The average molecular weight is 289 g/mol. The molecule has 0 saturated heterocycles. The third-order valence-corrected chi connectivity index (χ3v) is 3.27. The van der Waals surface area contributed by atoms with Crippen molar-refractivity contribution in [2.75, 3.05) is 7.11 Å². The van der Waals surface area contributed by atoms with E-state index < -0.39 is 5.97 Å². The minimum absolute atomic E-state index is 0.234. The molecule has 0 atom stereocenters. The Bertz CT molecular complexity index is 677. The van der Waals surface area contributed by atoms with E-state index in [4.69, 9.17) is 16.3 Å². The zero-order valence-corrected chi connectivity index (χ0v) is 11.9. The smallest absolute Gasteiger partial charge is 0.338 e. The van der Waals surface area contributed by atoms with Gasteiger partial charge in [0.15, 0.2) is 5.78 Å². The first kappa shape index (κ1) is 14.3. The van der Waals surface area contributed by atoms with Gasteiger partial charge in [-0.15, -0.1) is 0 Å². The summed E-state index contributed by atoms with van der Waals surface area (Å²) in [5.41, 5.74) is 1.82. The van der Waals surface area contributed by atoms with Gasteiger partial charge in [-0.25, -0.2) is 4.79 Å². The third-order valence-electron chi connectivity index (χ3n) is 2.94. The molecule has 0 aliphatic carbocycles. The lowest BCUT2D eigenvalue weighted by Gasteiger charge is -2.08. The maximum Gasteiger partial charge on any atom is 0.338 e. The number of halogens is 1. The van der Waals surface area contributed by atoms with Crippen LogP contribution in [-0.2, 0) is 4.74 Å². The van der Waals surface area contributed by atoms with Crippen LogP contribution in [0.2, 0.25) is 5.02 Å². The molecule has 0 saturated carbocycles. The molecule has 20 heavy (non-hydrogen) atoms. The van der Waals surface area contributed by atoms with Crippen LogP contribution in [0, 0.1) is 6.92 Å². The summed E-state index contributed by atoms with van der Waals surface area (Å²) < 4.78 is 4.69. The Kier molecular flexibility index (Phi) is 4.20. The quantitative estimate of drug-likeness (QED) is 0.639. The van der Waals surface area contributed by atoms with E-state index in [9.17, 15) is 9.59 Å². The van der Waals surface area contributed by atoms with Crippen molar-refractivity contribution in [3.8, 4) is 0 Å². The van der Waals surface area contributed by atoms with Crippen LogP contribution < -0.4 is 0 Å². The van der Waals surface area contributed by atoms with Crippen molar-refractivity contribution in [1.29, 1.82) is 0 Å². The van der Waals surface area contributed by atoms with E-state index in [0.29, 0.717) is 10.6 Å². The zero-order valence-electron chi connectivity index (χ0n) is 11.1. The van der Waals surface area contributed by atoms with Crippen LogP contribution in [0.5, 0.6) is 0 Å². The highest BCUT2D eigenvalue weighted by atomic mass is 35.5. The number of hydrogen-bond donors (Lipinski definition) is 0. The van der Waals surface area contributed by atoms with Gasteiger partial charge < -0.3 is 4.74 Å². The van der Waals surface area contributed by atoms with Crippen molar-refractivity contribution in [2.24, 2.45) is 0 Å². The Morgan fingerprint density at radius 1 is 1.00 bits per heavy atom. The molecule has 0 aromatic heterocycles. The molecule has 4 heteroatoms. The fourth-order valence-corrected chi connectivity index (χ4v) is 2.13. The minimum Gasteiger partial charge on any atom is -0.465 e. The van der Waals surface area contributed by atoms with Crippen molar-refractivity contribution < 1.29 is 14.3 Å². The van der Waals surface area contributed by atoms with E-state index in [1.54, 1.807) is 36.4 Å². The van der Waals surface area contributed by atoms with E-state index in [1.807, 2.05) is 13.0 Å². The van der Waals surface area contributed by atoms with E-state index in [2.05, 4.69) is 0 Å². The number of aryl methyl sites for hydroxylation is 1.